The van der Waals surface area contributed by atoms with E-state index in [1.54, 1.807) is 19.2 Å². The van der Waals surface area contributed by atoms with Gasteiger partial charge < -0.3 is 10.1 Å². The van der Waals surface area contributed by atoms with E-state index in [2.05, 4.69) is 10.2 Å². The summed E-state index contributed by atoms with van der Waals surface area (Å²) in [6.45, 7) is 8.24. The Labute approximate surface area is 78.2 Å². The third-order valence-corrected chi connectivity index (χ3v) is 1.63. The number of anilines is 1. The van der Waals surface area contributed by atoms with Gasteiger partial charge in [-0.3, -0.25) is 0 Å². The quantitative estimate of drug-likeness (QED) is 0.562. The van der Waals surface area contributed by atoms with Crippen molar-refractivity contribution in [3.05, 3.63) is 35.7 Å². The Bertz CT molecular complexity index is 287. The van der Waals surface area contributed by atoms with Crippen molar-refractivity contribution in [1.29, 1.82) is 0 Å². The highest BCUT2D eigenvalue weighted by Gasteiger charge is 1.91. The first-order chi connectivity index (χ1) is 6.36. The van der Waals surface area contributed by atoms with E-state index in [1.807, 2.05) is 12.1 Å². The van der Waals surface area contributed by atoms with Gasteiger partial charge in [0.1, 0.15) is 0 Å². The van der Waals surface area contributed by atoms with Crippen LogP contribution >= 0.6 is 0 Å². The Balaban J connectivity index is 2.46. The molecule has 1 N–H and O–H groups in total. The van der Waals surface area contributed by atoms with Gasteiger partial charge in [0.2, 0.25) is 0 Å². The minimum atomic E-state index is 0.664. The standard InChI is InChI=1S/C10H12N2O/c1-11-9-3-5-10(6-4-9)12-7-8-13-2/h3-6,12H,7-8H2,2H3. The molecule has 0 aromatic heterocycles. The smallest absolute Gasteiger partial charge is 0.187 e. The van der Waals surface area contributed by atoms with Gasteiger partial charge in [0, 0.05) is 19.3 Å². The van der Waals surface area contributed by atoms with E-state index in [4.69, 9.17) is 11.3 Å². The maximum Gasteiger partial charge on any atom is 0.187 e. The number of hydrogen-bond donors (Lipinski definition) is 1. The van der Waals surface area contributed by atoms with Gasteiger partial charge in [-0.2, -0.15) is 0 Å². The highest BCUT2D eigenvalue weighted by Crippen LogP contribution is 2.15. The summed E-state index contributed by atoms with van der Waals surface area (Å²) in [4.78, 5) is 3.31. The van der Waals surface area contributed by atoms with Crippen molar-refractivity contribution in [2.75, 3.05) is 25.6 Å². The van der Waals surface area contributed by atoms with Crippen molar-refractivity contribution in [2.24, 2.45) is 0 Å². The minimum absolute atomic E-state index is 0.664. The number of hydrogen-bond acceptors (Lipinski definition) is 2. The highest BCUT2D eigenvalue weighted by atomic mass is 16.5. The summed E-state index contributed by atoms with van der Waals surface area (Å²) in [7, 11) is 1.67. The van der Waals surface area contributed by atoms with Gasteiger partial charge in [0.25, 0.3) is 0 Å². The first kappa shape index (κ1) is 9.56. The summed E-state index contributed by atoms with van der Waals surface area (Å²) in [5, 5.41) is 3.17. The number of benzene rings is 1. The molecule has 1 aromatic rings. The average Bonchev–Trinajstić information content (AvgIpc) is 2.19. The second-order valence-corrected chi connectivity index (χ2v) is 2.58. The molecule has 13 heavy (non-hydrogen) atoms. The molecule has 1 aromatic carbocycles. The summed E-state index contributed by atoms with van der Waals surface area (Å²) >= 11 is 0. The first-order valence-corrected chi connectivity index (χ1v) is 4.07. The zero-order valence-corrected chi connectivity index (χ0v) is 7.58. The van der Waals surface area contributed by atoms with Crippen molar-refractivity contribution in [1.82, 2.24) is 0 Å². The van der Waals surface area contributed by atoms with Crippen LogP contribution in [0.2, 0.25) is 0 Å². The molecule has 0 heterocycles. The molecule has 0 saturated carbocycles. The number of rotatable bonds is 4. The Hall–Kier alpha value is -1.53. The molecule has 0 saturated heterocycles. The molecule has 3 nitrogen and oxygen atoms in total. The second kappa shape index (κ2) is 5.18. The fourth-order valence-corrected chi connectivity index (χ4v) is 0.951. The Morgan fingerprint density at radius 2 is 2.08 bits per heavy atom. The number of ether oxygens (including phenoxy) is 1. The lowest BCUT2D eigenvalue weighted by Gasteiger charge is -2.04. The summed E-state index contributed by atoms with van der Waals surface area (Å²) in [5.74, 6) is 0. The van der Waals surface area contributed by atoms with E-state index >= 15 is 0 Å². The molecule has 0 atom stereocenters. The highest BCUT2D eigenvalue weighted by molar-refractivity contribution is 5.53. The van der Waals surface area contributed by atoms with Crippen LogP contribution in [-0.2, 0) is 4.74 Å². The van der Waals surface area contributed by atoms with E-state index in [0.717, 1.165) is 12.2 Å². The third-order valence-electron chi connectivity index (χ3n) is 1.63. The lowest BCUT2D eigenvalue weighted by molar-refractivity contribution is 0.211. The van der Waals surface area contributed by atoms with E-state index in [9.17, 15) is 0 Å². The molecule has 0 unspecified atom stereocenters. The van der Waals surface area contributed by atoms with Crippen LogP contribution in [0.5, 0.6) is 0 Å². The molecule has 68 valence electrons. The molecule has 0 spiro atoms. The molecule has 0 aliphatic heterocycles. The van der Waals surface area contributed by atoms with E-state index in [-0.39, 0.29) is 0 Å². The Morgan fingerprint density at radius 1 is 1.38 bits per heavy atom. The van der Waals surface area contributed by atoms with Crippen LogP contribution in [0.3, 0.4) is 0 Å². The molecular formula is C10H12N2O. The van der Waals surface area contributed by atoms with Gasteiger partial charge in [0.05, 0.1) is 13.2 Å². The van der Waals surface area contributed by atoms with Crippen LogP contribution in [0, 0.1) is 6.57 Å². The SMILES string of the molecule is [C-]#[N+]c1ccc(NCCOC)cc1. The molecule has 3 heteroatoms. The van der Waals surface area contributed by atoms with Crippen molar-refractivity contribution >= 4 is 11.4 Å². The molecule has 0 radical (unpaired) electrons. The van der Waals surface area contributed by atoms with Crippen LogP contribution in [-0.4, -0.2) is 20.3 Å². The van der Waals surface area contributed by atoms with Gasteiger partial charge in [-0.25, -0.2) is 4.85 Å². The van der Waals surface area contributed by atoms with E-state index < -0.39 is 0 Å². The summed E-state index contributed by atoms with van der Waals surface area (Å²) < 4.78 is 4.90. The fraction of sp³-hybridized carbons (Fsp3) is 0.300. The molecule has 0 bridgehead atoms. The van der Waals surface area contributed by atoms with Gasteiger partial charge in [0.15, 0.2) is 5.69 Å². The zero-order chi connectivity index (χ0) is 9.52. The molecule has 1 rings (SSSR count). The molecule has 0 amide bonds. The maximum absolute atomic E-state index is 6.77. The van der Waals surface area contributed by atoms with Crippen LogP contribution in [0.15, 0.2) is 24.3 Å². The lowest BCUT2D eigenvalue weighted by atomic mass is 10.3. The number of nitrogens with zero attached hydrogens (tertiary/aromatic N) is 1. The van der Waals surface area contributed by atoms with E-state index in [1.165, 1.54) is 0 Å². The third kappa shape index (κ3) is 3.14. The zero-order valence-electron chi connectivity index (χ0n) is 7.58. The summed E-state index contributed by atoms with van der Waals surface area (Å²) in [6.07, 6.45) is 0. The minimum Gasteiger partial charge on any atom is -0.383 e. The molecule has 0 fully saturated rings. The van der Waals surface area contributed by atoms with Crippen molar-refractivity contribution in [2.45, 2.75) is 0 Å². The van der Waals surface area contributed by atoms with Crippen LogP contribution in [0.4, 0.5) is 11.4 Å². The van der Waals surface area contributed by atoms with Crippen LogP contribution < -0.4 is 5.32 Å². The molecular weight excluding hydrogens is 164 g/mol. The Kier molecular flexibility index (Phi) is 3.80. The Morgan fingerprint density at radius 3 is 2.62 bits per heavy atom. The normalized spacial score (nSPS) is 9.23. The van der Waals surface area contributed by atoms with Gasteiger partial charge in [-0.05, 0) is 12.1 Å². The summed E-state index contributed by atoms with van der Waals surface area (Å²) in [6, 6.07) is 7.37. The average molecular weight is 176 g/mol. The van der Waals surface area contributed by atoms with E-state index in [0.29, 0.717) is 12.3 Å². The summed E-state index contributed by atoms with van der Waals surface area (Å²) in [5.41, 5.74) is 1.68. The van der Waals surface area contributed by atoms with Gasteiger partial charge in [-0.1, -0.05) is 12.1 Å². The molecule has 0 aliphatic rings. The largest absolute Gasteiger partial charge is 0.383 e. The predicted molar refractivity (Wildman–Crippen MR) is 53.1 cm³/mol. The van der Waals surface area contributed by atoms with Gasteiger partial charge >= 0.3 is 0 Å². The predicted octanol–water partition coefficient (Wildman–Crippen LogP) is 2.30. The monoisotopic (exact) mass is 176 g/mol. The number of methoxy groups -OCH3 is 1. The van der Waals surface area contributed by atoms with Gasteiger partial charge in [-0.15, -0.1) is 0 Å². The van der Waals surface area contributed by atoms with Crippen molar-refractivity contribution < 1.29 is 4.74 Å². The second-order valence-electron chi connectivity index (χ2n) is 2.58. The van der Waals surface area contributed by atoms with Crippen molar-refractivity contribution in [3.63, 3.8) is 0 Å². The van der Waals surface area contributed by atoms with Crippen LogP contribution in [0.1, 0.15) is 0 Å². The maximum atomic E-state index is 6.77. The molecule has 0 aliphatic carbocycles. The fourth-order valence-electron chi connectivity index (χ4n) is 0.951. The van der Waals surface area contributed by atoms with Crippen LogP contribution in [0.25, 0.3) is 4.85 Å². The topological polar surface area (TPSA) is 25.6 Å². The van der Waals surface area contributed by atoms with Crippen molar-refractivity contribution in [3.8, 4) is 0 Å². The first-order valence-electron chi connectivity index (χ1n) is 4.07. The lowest BCUT2D eigenvalue weighted by Crippen LogP contribution is -2.06. The number of nitrogens with one attached hydrogen (secondary N) is 1.